The zero-order valence-electron chi connectivity index (χ0n) is 8.47. The predicted molar refractivity (Wildman–Crippen MR) is 49.8 cm³/mol. The molecule has 0 heterocycles. The van der Waals surface area contributed by atoms with Crippen LogP contribution < -0.4 is 0 Å². The van der Waals surface area contributed by atoms with E-state index in [1.807, 2.05) is 0 Å². The van der Waals surface area contributed by atoms with Crippen molar-refractivity contribution in [3.63, 3.8) is 0 Å². The Hall–Kier alpha value is -0.590. The van der Waals surface area contributed by atoms with Crippen molar-refractivity contribution in [3.8, 4) is 0 Å². The molecular formula is C8H13F3O3S. The van der Waals surface area contributed by atoms with Crippen molar-refractivity contribution in [2.24, 2.45) is 0 Å². The lowest BCUT2D eigenvalue weighted by atomic mass is 10.3. The molecule has 2 unspecified atom stereocenters. The van der Waals surface area contributed by atoms with Crippen molar-refractivity contribution in [1.82, 2.24) is 0 Å². The monoisotopic (exact) mass is 246 g/mol. The van der Waals surface area contributed by atoms with Crippen LogP contribution in [0.15, 0.2) is 0 Å². The van der Waals surface area contributed by atoms with E-state index in [1.54, 1.807) is 0 Å². The first-order valence-corrected chi connectivity index (χ1v) is 5.65. The van der Waals surface area contributed by atoms with Crippen LogP contribution in [0.4, 0.5) is 13.2 Å². The lowest BCUT2D eigenvalue weighted by Gasteiger charge is -2.11. The first-order valence-electron chi connectivity index (χ1n) is 4.27. The third-order valence-corrected chi connectivity index (χ3v) is 3.39. The minimum Gasteiger partial charge on any atom is -0.469 e. The van der Waals surface area contributed by atoms with Crippen molar-refractivity contribution < 1.29 is 26.9 Å². The highest BCUT2D eigenvalue weighted by Crippen LogP contribution is 2.20. The number of alkyl halides is 3. The molecule has 15 heavy (non-hydrogen) atoms. The molecule has 0 saturated heterocycles. The Balaban J connectivity index is 3.95. The summed E-state index contributed by atoms with van der Waals surface area (Å²) in [7, 11) is -0.480. The van der Waals surface area contributed by atoms with E-state index >= 15 is 0 Å². The summed E-state index contributed by atoms with van der Waals surface area (Å²) in [5.41, 5.74) is 0. The third kappa shape index (κ3) is 7.35. The van der Waals surface area contributed by atoms with Gasteiger partial charge < -0.3 is 4.74 Å². The van der Waals surface area contributed by atoms with Gasteiger partial charge in [-0.25, -0.2) is 0 Å². The lowest BCUT2D eigenvalue weighted by molar-refractivity contribution is -0.140. The van der Waals surface area contributed by atoms with Crippen LogP contribution in [0.5, 0.6) is 0 Å². The van der Waals surface area contributed by atoms with Gasteiger partial charge in [-0.1, -0.05) is 6.92 Å². The van der Waals surface area contributed by atoms with Crippen LogP contribution in [0.25, 0.3) is 0 Å². The van der Waals surface area contributed by atoms with Gasteiger partial charge in [0.1, 0.15) is 0 Å². The van der Waals surface area contributed by atoms with Crippen LogP contribution in [-0.2, 0) is 20.3 Å². The van der Waals surface area contributed by atoms with Gasteiger partial charge in [0.15, 0.2) is 0 Å². The van der Waals surface area contributed by atoms with Crippen molar-refractivity contribution in [3.05, 3.63) is 0 Å². The fourth-order valence-electron chi connectivity index (χ4n) is 0.828. The molecule has 0 N–H and O–H groups in total. The maximum absolute atomic E-state index is 11.8. The number of methoxy groups -OCH3 is 1. The largest absolute Gasteiger partial charge is 0.469 e. The van der Waals surface area contributed by atoms with Crippen LogP contribution in [0.1, 0.15) is 19.8 Å². The van der Waals surface area contributed by atoms with Crippen LogP contribution in [-0.4, -0.2) is 34.5 Å². The molecule has 7 heteroatoms. The summed E-state index contributed by atoms with van der Waals surface area (Å²) in [4.78, 5) is 10.7. The zero-order chi connectivity index (χ0) is 12.1. The summed E-state index contributed by atoms with van der Waals surface area (Å²) in [6.07, 6.45) is -5.52. The second-order valence-corrected chi connectivity index (χ2v) is 5.02. The molecule has 0 radical (unpaired) electrons. The number of esters is 1. The number of carbonyl (C=O) groups is 1. The summed E-state index contributed by atoms with van der Waals surface area (Å²) in [6, 6.07) is 0. The van der Waals surface area contributed by atoms with E-state index in [0.717, 1.165) is 0 Å². The number of carbonyl (C=O) groups excluding carboxylic acids is 1. The summed E-state index contributed by atoms with van der Waals surface area (Å²) >= 11 is 0. The average Bonchev–Trinajstić information content (AvgIpc) is 2.12. The Morgan fingerprint density at radius 3 is 2.40 bits per heavy atom. The molecule has 0 bridgehead atoms. The summed E-state index contributed by atoms with van der Waals surface area (Å²) in [5, 5.41) is -0.611. The number of halogens is 3. The van der Waals surface area contributed by atoms with E-state index < -0.39 is 40.4 Å². The van der Waals surface area contributed by atoms with Crippen LogP contribution >= 0.6 is 0 Å². The van der Waals surface area contributed by atoms with Gasteiger partial charge in [0.05, 0.1) is 20.0 Å². The molecule has 0 aliphatic heterocycles. The second kappa shape index (κ2) is 6.09. The average molecular weight is 246 g/mol. The van der Waals surface area contributed by atoms with Gasteiger partial charge in [-0.3, -0.25) is 9.00 Å². The Morgan fingerprint density at radius 1 is 1.47 bits per heavy atom. The van der Waals surface area contributed by atoms with Crippen molar-refractivity contribution >= 4 is 16.8 Å². The Labute approximate surface area is 88.4 Å². The number of hydrogen-bond acceptors (Lipinski definition) is 3. The summed E-state index contributed by atoms with van der Waals surface area (Å²) in [5.74, 6) is -1.04. The number of rotatable bonds is 5. The first-order chi connectivity index (χ1) is 6.76. The van der Waals surface area contributed by atoms with Gasteiger partial charge in [-0.05, 0) is 0 Å². The number of ether oxygens (including phenoxy) is 1. The maximum Gasteiger partial charge on any atom is 0.390 e. The molecule has 0 aromatic heterocycles. The van der Waals surface area contributed by atoms with Crippen molar-refractivity contribution in [2.75, 3.05) is 12.9 Å². The molecule has 0 aromatic rings. The molecule has 0 fully saturated rings. The van der Waals surface area contributed by atoms with Gasteiger partial charge in [0.25, 0.3) is 0 Å². The SMILES string of the molecule is COC(=O)CC(C)S(=O)CCC(F)(F)F. The Kier molecular flexibility index (Phi) is 5.85. The van der Waals surface area contributed by atoms with Crippen molar-refractivity contribution in [2.45, 2.75) is 31.2 Å². The molecule has 0 rings (SSSR count). The molecule has 0 aliphatic carbocycles. The smallest absolute Gasteiger partial charge is 0.390 e. The Morgan fingerprint density at radius 2 is 2.00 bits per heavy atom. The molecule has 0 saturated carbocycles. The molecule has 3 nitrogen and oxygen atoms in total. The minimum atomic E-state index is -4.30. The van der Waals surface area contributed by atoms with E-state index in [4.69, 9.17) is 0 Å². The van der Waals surface area contributed by atoms with Gasteiger partial charge in [0.2, 0.25) is 0 Å². The summed E-state index contributed by atoms with van der Waals surface area (Å²) < 4.78 is 50.9. The second-order valence-electron chi connectivity index (χ2n) is 3.04. The molecule has 2 atom stereocenters. The van der Waals surface area contributed by atoms with E-state index in [0.29, 0.717) is 0 Å². The molecule has 90 valence electrons. The zero-order valence-corrected chi connectivity index (χ0v) is 9.28. The number of hydrogen-bond donors (Lipinski definition) is 0. The van der Waals surface area contributed by atoms with E-state index in [9.17, 15) is 22.2 Å². The van der Waals surface area contributed by atoms with Gasteiger partial charge in [-0.2, -0.15) is 13.2 Å². The van der Waals surface area contributed by atoms with Gasteiger partial charge >= 0.3 is 12.1 Å². The highest BCUT2D eigenvalue weighted by molar-refractivity contribution is 7.85. The van der Waals surface area contributed by atoms with Gasteiger partial charge in [0, 0.05) is 21.8 Å². The Bertz CT molecular complexity index is 240. The molecule has 0 aromatic carbocycles. The van der Waals surface area contributed by atoms with Gasteiger partial charge in [-0.15, -0.1) is 0 Å². The van der Waals surface area contributed by atoms with E-state index in [2.05, 4.69) is 4.74 Å². The van der Waals surface area contributed by atoms with E-state index in [1.165, 1.54) is 14.0 Å². The normalized spacial score (nSPS) is 15.8. The fraction of sp³-hybridized carbons (Fsp3) is 0.875. The highest BCUT2D eigenvalue weighted by atomic mass is 32.2. The quantitative estimate of drug-likeness (QED) is 0.693. The van der Waals surface area contributed by atoms with E-state index in [-0.39, 0.29) is 6.42 Å². The first kappa shape index (κ1) is 14.4. The van der Waals surface area contributed by atoms with Crippen LogP contribution in [0, 0.1) is 0 Å². The minimum absolute atomic E-state index is 0.124. The topological polar surface area (TPSA) is 43.4 Å². The fourth-order valence-corrected chi connectivity index (χ4v) is 1.99. The maximum atomic E-state index is 11.8. The highest BCUT2D eigenvalue weighted by Gasteiger charge is 2.29. The lowest BCUT2D eigenvalue weighted by Crippen LogP contribution is -2.22. The third-order valence-electron chi connectivity index (χ3n) is 1.72. The predicted octanol–water partition coefficient (Wildman–Crippen LogP) is 1.64. The molecule has 0 amide bonds. The standard InChI is InChI=1S/C8H13F3O3S/c1-6(5-7(12)14-2)15(13)4-3-8(9,10)11/h6H,3-5H2,1-2H3. The summed E-state index contributed by atoms with van der Waals surface area (Å²) in [6.45, 7) is 1.46. The van der Waals surface area contributed by atoms with Crippen molar-refractivity contribution in [1.29, 1.82) is 0 Å². The molecule has 0 aliphatic rings. The van der Waals surface area contributed by atoms with Crippen LogP contribution in [0.2, 0.25) is 0 Å². The molecule has 0 spiro atoms. The van der Waals surface area contributed by atoms with Crippen LogP contribution in [0.3, 0.4) is 0 Å². The molecular weight excluding hydrogens is 233 g/mol.